The third-order valence-corrected chi connectivity index (χ3v) is 3.89. The zero-order valence-corrected chi connectivity index (χ0v) is 14.0. The highest BCUT2D eigenvalue weighted by molar-refractivity contribution is 5.96. The number of fused-ring (bicyclic) bond motifs is 1. The first-order chi connectivity index (χ1) is 12.7. The molecule has 0 unspecified atom stereocenters. The number of hydrogen-bond acceptors (Lipinski definition) is 6. The number of aromatic nitrogens is 1. The molecule has 26 heavy (non-hydrogen) atoms. The van der Waals surface area contributed by atoms with Crippen LogP contribution in [0.4, 0.5) is 0 Å². The molecule has 1 aliphatic rings. The molecule has 0 spiro atoms. The minimum Gasteiger partial charge on any atom is -0.490 e. The van der Waals surface area contributed by atoms with Crippen molar-refractivity contribution in [2.75, 3.05) is 19.8 Å². The predicted octanol–water partition coefficient (Wildman–Crippen LogP) is 3.20. The molecule has 2 aromatic carbocycles. The van der Waals surface area contributed by atoms with Crippen LogP contribution in [0.3, 0.4) is 0 Å². The maximum absolute atomic E-state index is 12.3. The molecule has 4 rings (SSSR count). The standard InChI is InChI=1S/C20H16N2O4/c1-2-8-24-15-11-13(18-21-7-9-25-18)10-14(12-15)19-22-17-6-4-3-5-16(17)20(23)26-19/h2-6,10-12H,1,7-9H2. The lowest BCUT2D eigenvalue weighted by Gasteiger charge is -2.10. The van der Waals surface area contributed by atoms with E-state index in [2.05, 4.69) is 16.6 Å². The summed E-state index contributed by atoms with van der Waals surface area (Å²) in [6, 6.07) is 12.5. The van der Waals surface area contributed by atoms with Gasteiger partial charge in [-0.25, -0.2) is 14.8 Å². The molecular formula is C20H16N2O4. The number of benzene rings is 2. The summed E-state index contributed by atoms with van der Waals surface area (Å²) in [4.78, 5) is 21.1. The van der Waals surface area contributed by atoms with E-state index in [9.17, 15) is 4.79 Å². The Kier molecular flexibility index (Phi) is 4.23. The molecule has 0 saturated carbocycles. The molecule has 0 saturated heterocycles. The molecule has 3 aromatic rings. The largest absolute Gasteiger partial charge is 0.490 e. The van der Waals surface area contributed by atoms with E-state index < -0.39 is 5.63 Å². The van der Waals surface area contributed by atoms with E-state index in [1.165, 1.54) is 0 Å². The number of rotatable bonds is 5. The molecule has 0 amide bonds. The molecule has 0 aliphatic carbocycles. The Labute approximate surface area is 149 Å². The zero-order chi connectivity index (χ0) is 17.9. The Hall–Kier alpha value is -3.41. The van der Waals surface area contributed by atoms with Crippen LogP contribution in [0.25, 0.3) is 22.4 Å². The molecule has 0 atom stereocenters. The van der Waals surface area contributed by atoms with Gasteiger partial charge in [0.15, 0.2) is 0 Å². The minimum atomic E-state index is -0.431. The number of aliphatic imine (C=N–C) groups is 1. The normalized spacial score (nSPS) is 13.3. The van der Waals surface area contributed by atoms with Crippen molar-refractivity contribution in [3.8, 4) is 17.2 Å². The maximum atomic E-state index is 12.3. The van der Waals surface area contributed by atoms with E-state index >= 15 is 0 Å². The average molecular weight is 348 g/mol. The van der Waals surface area contributed by atoms with Crippen LogP contribution in [-0.2, 0) is 4.74 Å². The summed E-state index contributed by atoms with van der Waals surface area (Å²) in [5.74, 6) is 1.35. The lowest BCUT2D eigenvalue weighted by molar-refractivity contribution is 0.347. The molecule has 6 heteroatoms. The molecule has 0 bridgehead atoms. The molecule has 130 valence electrons. The van der Waals surface area contributed by atoms with Crippen LogP contribution in [-0.4, -0.2) is 30.6 Å². The highest BCUT2D eigenvalue weighted by atomic mass is 16.5. The van der Waals surface area contributed by atoms with Crippen molar-refractivity contribution >= 4 is 16.8 Å². The van der Waals surface area contributed by atoms with Crippen molar-refractivity contribution in [3.63, 3.8) is 0 Å². The second kappa shape index (κ2) is 6.84. The summed E-state index contributed by atoms with van der Waals surface area (Å²) >= 11 is 0. The first-order valence-corrected chi connectivity index (χ1v) is 8.21. The molecule has 0 fully saturated rings. The topological polar surface area (TPSA) is 73.9 Å². The van der Waals surface area contributed by atoms with Crippen molar-refractivity contribution in [1.82, 2.24) is 4.98 Å². The monoisotopic (exact) mass is 348 g/mol. The van der Waals surface area contributed by atoms with Crippen molar-refractivity contribution in [2.24, 2.45) is 4.99 Å². The Morgan fingerprint density at radius 1 is 1.19 bits per heavy atom. The van der Waals surface area contributed by atoms with Gasteiger partial charge in [-0.1, -0.05) is 24.8 Å². The van der Waals surface area contributed by atoms with E-state index in [-0.39, 0.29) is 5.89 Å². The highest BCUT2D eigenvalue weighted by Crippen LogP contribution is 2.27. The summed E-state index contributed by atoms with van der Waals surface area (Å²) in [6.45, 7) is 5.17. The number of nitrogens with zero attached hydrogens (tertiary/aromatic N) is 2. The van der Waals surface area contributed by atoms with Gasteiger partial charge in [0, 0.05) is 11.1 Å². The molecular weight excluding hydrogens is 332 g/mol. The van der Waals surface area contributed by atoms with Gasteiger partial charge in [0.05, 0.1) is 17.4 Å². The fraction of sp³-hybridized carbons (Fsp3) is 0.150. The van der Waals surface area contributed by atoms with Gasteiger partial charge < -0.3 is 13.9 Å². The predicted molar refractivity (Wildman–Crippen MR) is 98.8 cm³/mol. The van der Waals surface area contributed by atoms with E-state index in [1.807, 2.05) is 18.2 Å². The van der Waals surface area contributed by atoms with Crippen LogP contribution in [0.5, 0.6) is 5.75 Å². The fourth-order valence-corrected chi connectivity index (χ4v) is 2.74. The summed E-state index contributed by atoms with van der Waals surface area (Å²) in [5, 5.41) is 0.444. The van der Waals surface area contributed by atoms with Gasteiger partial charge in [0.2, 0.25) is 11.8 Å². The smallest absolute Gasteiger partial charge is 0.347 e. The number of hydrogen-bond donors (Lipinski definition) is 0. The van der Waals surface area contributed by atoms with E-state index in [0.717, 1.165) is 5.56 Å². The maximum Gasteiger partial charge on any atom is 0.347 e. The van der Waals surface area contributed by atoms with Gasteiger partial charge in [-0.15, -0.1) is 0 Å². The highest BCUT2D eigenvalue weighted by Gasteiger charge is 2.16. The van der Waals surface area contributed by atoms with Gasteiger partial charge in [0.1, 0.15) is 19.0 Å². The first kappa shape index (κ1) is 16.1. The second-order valence-electron chi connectivity index (χ2n) is 5.70. The van der Waals surface area contributed by atoms with E-state index in [1.54, 1.807) is 30.3 Å². The van der Waals surface area contributed by atoms with Crippen LogP contribution in [0, 0.1) is 0 Å². The van der Waals surface area contributed by atoms with Crippen molar-refractivity contribution in [2.45, 2.75) is 0 Å². The van der Waals surface area contributed by atoms with Gasteiger partial charge in [-0.05, 0) is 30.3 Å². The fourth-order valence-electron chi connectivity index (χ4n) is 2.74. The second-order valence-corrected chi connectivity index (χ2v) is 5.70. The Morgan fingerprint density at radius 2 is 2.04 bits per heavy atom. The van der Waals surface area contributed by atoms with Crippen LogP contribution < -0.4 is 10.4 Å². The first-order valence-electron chi connectivity index (χ1n) is 8.21. The lowest BCUT2D eigenvalue weighted by Crippen LogP contribution is -2.05. The zero-order valence-electron chi connectivity index (χ0n) is 14.0. The molecule has 1 aromatic heterocycles. The van der Waals surface area contributed by atoms with Crippen molar-refractivity contribution < 1.29 is 13.9 Å². The van der Waals surface area contributed by atoms with Gasteiger partial charge >= 0.3 is 5.63 Å². The van der Waals surface area contributed by atoms with Crippen molar-refractivity contribution in [1.29, 1.82) is 0 Å². The van der Waals surface area contributed by atoms with Gasteiger partial charge in [-0.2, -0.15) is 0 Å². The van der Waals surface area contributed by atoms with E-state index in [4.69, 9.17) is 13.9 Å². The Bertz CT molecular complexity index is 1070. The third-order valence-electron chi connectivity index (χ3n) is 3.89. The summed E-state index contributed by atoms with van der Waals surface area (Å²) in [6.07, 6.45) is 1.66. The van der Waals surface area contributed by atoms with Crippen LogP contribution in [0.2, 0.25) is 0 Å². The summed E-state index contributed by atoms with van der Waals surface area (Å²) < 4.78 is 16.6. The Balaban J connectivity index is 1.85. The van der Waals surface area contributed by atoms with Gasteiger partial charge in [-0.3, -0.25) is 0 Å². The van der Waals surface area contributed by atoms with Crippen LogP contribution in [0.1, 0.15) is 5.56 Å². The average Bonchev–Trinajstić information content (AvgIpc) is 3.21. The van der Waals surface area contributed by atoms with Crippen LogP contribution in [0.15, 0.2) is 69.3 Å². The van der Waals surface area contributed by atoms with Crippen molar-refractivity contribution in [3.05, 3.63) is 71.1 Å². The molecule has 0 radical (unpaired) electrons. The molecule has 0 N–H and O–H groups in total. The third kappa shape index (κ3) is 3.09. The molecule has 1 aliphatic heterocycles. The van der Waals surface area contributed by atoms with E-state index in [0.29, 0.717) is 47.9 Å². The lowest BCUT2D eigenvalue weighted by atomic mass is 10.1. The molecule has 2 heterocycles. The van der Waals surface area contributed by atoms with Crippen LogP contribution >= 0.6 is 0 Å². The Morgan fingerprint density at radius 3 is 2.85 bits per heavy atom. The number of ether oxygens (including phenoxy) is 2. The van der Waals surface area contributed by atoms with Gasteiger partial charge in [0.25, 0.3) is 0 Å². The number of para-hydroxylation sites is 1. The molecule has 6 nitrogen and oxygen atoms in total. The minimum absolute atomic E-state index is 0.220. The summed E-state index contributed by atoms with van der Waals surface area (Å²) in [5.41, 5.74) is 1.51. The quantitative estimate of drug-likeness (QED) is 0.662. The SMILES string of the molecule is C=CCOc1cc(C2=NCCO2)cc(-c2nc3ccccc3c(=O)o2)c1. The summed E-state index contributed by atoms with van der Waals surface area (Å²) in [7, 11) is 0.